The van der Waals surface area contributed by atoms with Crippen LogP contribution in [0.15, 0.2) is 15.0 Å². The van der Waals surface area contributed by atoms with Crippen molar-refractivity contribution >= 4 is 56.7 Å². The van der Waals surface area contributed by atoms with E-state index in [2.05, 4.69) is 55.9 Å². The van der Waals surface area contributed by atoms with Gasteiger partial charge in [0.1, 0.15) is 0 Å². The van der Waals surface area contributed by atoms with Crippen LogP contribution in [-0.2, 0) is 0 Å². The molecule has 4 nitrogen and oxygen atoms in total. The van der Waals surface area contributed by atoms with Crippen molar-refractivity contribution in [2.75, 3.05) is 33.3 Å². The molecular weight excluding hydrogens is 495 g/mol. The Morgan fingerprint density at radius 3 is 2.28 bits per heavy atom. The first-order valence-electron chi connectivity index (χ1n) is 8.15. The number of hydrogen-bond donors (Lipinski definition) is 2. The lowest BCUT2D eigenvalue weighted by Gasteiger charge is -2.36. The monoisotopic (exact) mass is 520 g/mol. The van der Waals surface area contributed by atoms with Crippen LogP contribution in [-0.4, -0.2) is 43.3 Å². The van der Waals surface area contributed by atoms with E-state index in [0.29, 0.717) is 22.2 Å². The number of hydrogen-bond acceptors (Lipinski definition) is 4. The van der Waals surface area contributed by atoms with E-state index in [1.807, 2.05) is 6.07 Å². The van der Waals surface area contributed by atoms with Gasteiger partial charge in [0, 0.05) is 36.7 Å². The van der Waals surface area contributed by atoms with Crippen LogP contribution < -0.4 is 10.1 Å². The molecule has 1 aromatic carbocycles. The molecule has 25 heavy (non-hydrogen) atoms. The zero-order valence-electron chi connectivity index (χ0n) is 14.8. The number of nitrogens with one attached hydrogen (secondary N) is 1. The summed E-state index contributed by atoms with van der Waals surface area (Å²) in [7, 11) is 1.59. The number of ether oxygens (including phenoxy) is 1. The van der Waals surface area contributed by atoms with Gasteiger partial charge in [-0.2, -0.15) is 0 Å². The molecule has 0 aromatic heterocycles. The number of nitrogens with zero attached hydrogens (tertiary/aromatic N) is 1. The van der Waals surface area contributed by atoms with Gasteiger partial charge >= 0.3 is 0 Å². The summed E-state index contributed by atoms with van der Waals surface area (Å²) >= 11 is 7.15. The summed E-state index contributed by atoms with van der Waals surface area (Å²) in [6, 6.07) is 2.29. The molecule has 1 aromatic rings. The maximum absolute atomic E-state index is 10.2. The minimum atomic E-state index is 0. The van der Waals surface area contributed by atoms with Gasteiger partial charge in [-0.1, -0.05) is 13.8 Å². The topological polar surface area (TPSA) is 44.7 Å². The van der Waals surface area contributed by atoms with E-state index in [-0.39, 0.29) is 30.6 Å². The van der Waals surface area contributed by atoms with E-state index in [1.54, 1.807) is 7.11 Å². The first-order valence-corrected chi connectivity index (χ1v) is 9.73. The molecule has 1 heterocycles. The smallest absolute Gasteiger partial charge is 0.173 e. The number of rotatable bonds is 6. The van der Waals surface area contributed by atoms with Crippen LogP contribution >= 0.6 is 56.7 Å². The maximum atomic E-state index is 10.2. The molecule has 0 bridgehead atoms. The molecule has 0 saturated carbocycles. The summed E-state index contributed by atoms with van der Waals surface area (Å²) in [6.07, 6.45) is 2.26. The number of halogens is 4. The van der Waals surface area contributed by atoms with Crippen molar-refractivity contribution in [3.63, 3.8) is 0 Å². The Bertz CT molecular complexity index is 542. The van der Waals surface area contributed by atoms with E-state index < -0.39 is 0 Å². The third-order valence-electron chi connectivity index (χ3n) is 4.36. The van der Waals surface area contributed by atoms with Gasteiger partial charge in [0.05, 0.1) is 11.6 Å². The molecule has 1 aliphatic rings. The summed E-state index contributed by atoms with van der Waals surface area (Å²) in [5.74, 6) is 1.33. The zero-order chi connectivity index (χ0) is 17.0. The normalized spacial score (nSPS) is 16.1. The third kappa shape index (κ3) is 6.43. The molecule has 0 amide bonds. The van der Waals surface area contributed by atoms with Gasteiger partial charge in [0.15, 0.2) is 11.5 Å². The largest absolute Gasteiger partial charge is 0.503 e. The molecule has 1 saturated heterocycles. The van der Waals surface area contributed by atoms with Crippen molar-refractivity contribution in [2.45, 2.75) is 32.7 Å². The van der Waals surface area contributed by atoms with Gasteiger partial charge in [-0.05, 0) is 62.2 Å². The van der Waals surface area contributed by atoms with Crippen LogP contribution in [0.2, 0.25) is 0 Å². The lowest BCUT2D eigenvalue weighted by Crippen LogP contribution is -2.45. The summed E-state index contributed by atoms with van der Waals surface area (Å²) in [6.45, 7) is 8.64. The minimum absolute atomic E-state index is 0. The molecule has 1 aliphatic heterocycles. The first kappa shape index (κ1) is 25.3. The van der Waals surface area contributed by atoms with E-state index in [0.717, 1.165) is 37.1 Å². The van der Waals surface area contributed by atoms with Gasteiger partial charge in [0.2, 0.25) is 0 Å². The first-order chi connectivity index (χ1) is 11.0. The molecular formula is C17H28Br2Cl2N2O2. The van der Waals surface area contributed by atoms with Crippen molar-refractivity contribution in [1.82, 2.24) is 10.2 Å². The van der Waals surface area contributed by atoms with Crippen molar-refractivity contribution in [3.8, 4) is 11.5 Å². The zero-order valence-corrected chi connectivity index (χ0v) is 19.7. The summed E-state index contributed by atoms with van der Waals surface area (Å²) in [5.41, 5.74) is 1.18. The Kier molecular flexibility index (Phi) is 12.0. The quantitative estimate of drug-likeness (QED) is 0.542. The number of phenolic OH excluding ortho intramolecular Hbond substituents is 1. The average Bonchev–Trinajstić information content (AvgIpc) is 2.55. The molecule has 0 radical (unpaired) electrons. The number of benzene rings is 1. The standard InChI is InChI=1S/C17H26Br2N2O2.2ClH/c1-11(2)4-5-13(21-8-6-20-7-9-21)12-10-14(23-3)17(22)16(19)15(12)18;;/h10-11,13,20,22H,4-9H2,1-3H3;2*1H/t13-;;/m0../s1. The number of methoxy groups -OCH3 is 1. The molecule has 1 atom stereocenters. The predicted octanol–water partition coefficient (Wildman–Crippen LogP) is 5.15. The molecule has 0 spiro atoms. The van der Waals surface area contributed by atoms with Crippen LogP contribution in [0.4, 0.5) is 0 Å². The van der Waals surface area contributed by atoms with Gasteiger partial charge in [-0.25, -0.2) is 0 Å². The van der Waals surface area contributed by atoms with Crippen LogP contribution in [0.1, 0.15) is 38.3 Å². The molecule has 146 valence electrons. The van der Waals surface area contributed by atoms with E-state index in [1.165, 1.54) is 12.0 Å². The predicted molar refractivity (Wildman–Crippen MR) is 116 cm³/mol. The summed E-state index contributed by atoms with van der Waals surface area (Å²) < 4.78 is 6.94. The highest BCUT2D eigenvalue weighted by molar-refractivity contribution is 9.13. The van der Waals surface area contributed by atoms with Crippen molar-refractivity contribution < 1.29 is 9.84 Å². The summed E-state index contributed by atoms with van der Waals surface area (Å²) in [5, 5.41) is 13.6. The average molecular weight is 523 g/mol. The Morgan fingerprint density at radius 2 is 1.76 bits per heavy atom. The fourth-order valence-corrected chi connectivity index (χ4v) is 4.02. The lowest BCUT2D eigenvalue weighted by molar-refractivity contribution is 0.159. The molecule has 2 rings (SSSR count). The highest BCUT2D eigenvalue weighted by atomic mass is 79.9. The minimum Gasteiger partial charge on any atom is -0.503 e. The highest BCUT2D eigenvalue weighted by Crippen LogP contribution is 2.45. The number of piperazine rings is 1. The molecule has 8 heteroatoms. The fourth-order valence-electron chi connectivity index (χ4n) is 3.03. The van der Waals surface area contributed by atoms with Crippen LogP contribution in [0.5, 0.6) is 11.5 Å². The van der Waals surface area contributed by atoms with Gasteiger partial charge in [-0.15, -0.1) is 24.8 Å². The third-order valence-corrected chi connectivity index (χ3v) is 6.52. The Morgan fingerprint density at radius 1 is 1.16 bits per heavy atom. The van der Waals surface area contributed by atoms with Crippen LogP contribution in [0.3, 0.4) is 0 Å². The van der Waals surface area contributed by atoms with E-state index in [4.69, 9.17) is 4.74 Å². The Balaban J connectivity index is 0.00000288. The lowest BCUT2D eigenvalue weighted by atomic mass is 9.95. The number of phenols is 1. The van der Waals surface area contributed by atoms with Gasteiger partial charge < -0.3 is 15.2 Å². The molecule has 1 fully saturated rings. The van der Waals surface area contributed by atoms with Crippen molar-refractivity contribution in [2.24, 2.45) is 5.92 Å². The van der Waals surface area contributed by atoms with E-state index >= 15 is 0 Å². The van der Waals surface area contributed by atoms with Gasteiger partial charge in [-0.3, -0.25) is 4.90 Å². The summed E-state index contributed by atoms with van der Waals surface area (Å²) in [4.78, 5) is 2.53. The Labute approximate surface area is 180 Å². The fraction of sp³-hybridized carbons (Fsp3) is 0.647. The van der Waals surface area contributed by atoms with Gasteiger partial charge in [0.25, 0.3) is 0 Å². The Hall–Kier alpha value is 0.280. The second-order valence-corrected chi connectivity index (χ2v) is 8.00. The molecule has 0 aliphatic carbocycles. The van der Waals surface area contributed by atoms with Crippen molar-refractivity contribution in [1.29, 1.82) is 0 Å². The maximum Gasteiger partial charge on any atom is 0.173 e. The molecule has 0 unspecified atom stereocenters. The highest BCUT2D eigenvalue weighted by Gasteiger charge is 2.27. The van der Waals surface area contributed by atoms with Crippen molar-refractivity contribution in [3.05, 3.63) is 20.6 Å². The molecule has 2 N–H and O–H groups in total. The SMILES string of the molecule is COc1cc([C@H](CCC(C)C)N2CCNCC2)c(Br)c(Br)c1O.Cl.Cl. The number of aromatic hydroxyl groups is 1. The van der Waals surface area contributed by atoms with E-state index in [9.17, 15) is 5.11 Å². The second kappa shape index (κ2) is 11.9. The van der Waals surface area contributed by atoms with Crippen LogP contribution in [0, 0.1) is 5.92 Å². The van der Waals surface area contributed by atoms with Crippen LogP contribution in [0.25, 0.3) is 0 Å². The second-order valence-electron chi connectivity index (χ2n) is 6.42.